The van der Waals surface area contributed by atoms with Crippen LogP contribution >= 0.6 is 0 Å². The van der Waals surface area contributed by atoms with Gasteiger partial charge in [0.2, 0.25) is 0 Å². The van der Waals surface area contributed by atoms with Crippen LogP contribution in [-0.2, 0) is 13.1 Å². The van der Waals surface area contributed by atoms with E-state index in [0.717, 1.165) is 35.1 Å². The Kier molecular flexibility index (Phi) is 5.61. The van der Waals surface area contributed by atoms with Crippen molar-refractivity contribution in [1.82, 2.24) is 30.1 Å². The highest BCUT2D eigenvalue weighted by Crippen LogP contribution is 2.31. The zero-order chi connectivity index (χ0) is 21.4. The smallest absolute Gasteiger partial charge is 0.252 e. The van der Waals surface area contributed by atoms with Crippen molar-refractivity contribution in [2.75, 3.05) is 0 Å². The molecule has 0 spiro atoms. The van der Waals surface area contributed by atoms with Crippen LogP contribution in [0.4, 0.5) is 0 Å². The fourth-order valence-electron chi connectivity index (χ4n) is 5.57. The number of aromatic nitrogens is 5. The molecular formula is C24H32N6O. The van der Waals surface area contributed by atoms with Crippen molar-refractivity contribution in [2.45, 2.75) is 90.4 Å². The standard InChI is InChI=1S/C24H32N6O/c1-16-11-17(2)21-13-18(24(31)25-22(21)12-16)14-29(19-7-3-4-8-19)15-23-26-27-28-30(23)20-9-5-6-10-20/h11-13,19-20H,3-10,14-15H2,1-2H3,(H,25,31). The largest absolute Gasteiger partial charge is 0.322 e. The fraction of sp³-hybridized carbons (Fsp3) is 0.583. The number of aromatic amines is 1. The third-order valence-corrected chi connectivity index (χ3v) is 7.18. The van der Waals surface area contributed by atoms with E-state index in [-0.39, 0.29) is 5.56 Å². The number of fused-ring (bicyclic) bond motifs is 1. The van der Waals surface area contributed by atoms with Crippen molar-refractivity contribution < 1.29 is 0 Å². The summed E-state index contributed by atoms with van der Waals surface area (Å²) >= 11 is 0. The molecule has 3 aromatic rings. The molecule has 2 aliphatic rings. The Hall–Kier alpha value is -2.54. The SMILES string of the molecule is Cc1cc(C)c2cc(CN(Cc3nnnn3C3CCCC3)C3CCCC3)c(=O)[nH]c2c1. The number of pyridine rings is 1. The zero-order valence-corrected chi connectivity index (χ0v) is 18.6. The molecule has 0 radical (unpaired) electrons. The summed E-state index contributed by atoms with van der Waals surface area (Å²) in [4.78, 5) is 18.5. The Morgan fingerprint density at radius 3 is 2.55 bits per heavy atom. The van der Waals surface area contributed by atoms with Crippen molar-refractivity contribution in [3.8, 4) is 0 Å². The Balaban J connectivity index is 1.46. The average Bonchev–Trinajstić information content (AvgIpc) is 3.50. The molecular weight excluding hydrogens is 388 g/mol. The number of rotatable bonds is 6. The zero-order valence-electron chi connectivity index (χ0n) is 18.6. The number of hydrogen-bond donors (Lipinski definition) is 1. The van der Waals surface area contributed by atoms with Crippen LogP contribution in [-0.4, -0.2) is 36.1 Å². The summed E-state index contributed by atoms with van der Waals surface area (Å²) in [5.41, 5.74) is 4.12. The van der Waals surface area contributed by atoms with Gasteiger partial charge in [0.1, 0.15) is 0 Å². The minimum Gasteiger partial charge on any atom is -0.322 e. The van der Waals surface area contributed by atoms with Gasteiger partial charge in [-0.05, 0) is 73.2 Å². The summed E-state index contributed by atoms with van der Waals surface area (Å²) in [5.74, 6) is 0.933. The number of nitrogens with zero attached hydrogens (tertiary/aromatic N) is 5. The number of tetrazole rings is 1. The van der Waals surface area contributed by atoms with Gasteiger partial charge < -0.3 is 4.98 Å². The highest BCUT2D eigenvalue weighted by molar-refractivity contribution is 5.83. The van der Waals surface area contributed by atoms with Gasteiger partial charge in [0.15, 0.2) is 5.82 Å². The van der Waals surface area contributed by atoms with Gasteiger partial charge >= 0.3 is 0 Å². The molecule has 5 rings (SSSR count). The van der Waals surface area contributed by atoms with E-state index in [1.54, 1.807) is 0 Å². The molecule has 0 saturated heterocycles. The van der Waals surface area contributed by atoms with E-state index < -0.39 is 0 Å². The third-order valence-electron chi connectivity index (χ3n) is 7.18. The molecule has 0 atom stereocenters. The molecule has 0 aliphatic heterocycles. The molecule has 2 fully saturated rings. The minimum atomic E-state index is 0.0101. The van der Waals surface area contributed by atoms with Crippen molar-refractivity contribution >= 4 is 10.9 Å². The van der Waals surface area contributed by atoms with E-state index in [2.05, 4.69) is 57.5 Å². The monoisotopic (exact) mass is 420 g/mol. The first-order chi connectivity index (χ1) is 15.1. The summed E-state index contributed by atoms with van der Waals surface area (Å²) in [6.07, 6.45) is 9.67. The molecule has 2 aliphatic carbocycles. The summed E-state index contributed by atoms with van der Waals surface area (Å²) in [7, 11) is 0. The molecule has 0 bridgehead atoms. The first-order valence-corrected chi connectivity index (χ1v) is 11.7. The van der Waals surface area contributed by atoms with Crippen molar-refractivity contribution in [1.29, 1.82) is 0 Å². The van der Waals surface area contributed by atoms with Crippen LogP contribution in [0.3, 0.4) is 0 Å². The number of benzene rings is 1. The highest BCUT2D eigenvalue weighted by Gasteiger charge is 2.28. The van der Waals surface area contributed by atoms with Crippen LogP contribution in [0.25, 0.3) is 10.9 Å². The number of hydrogen-bond acceptors (Lipinski definition) is 5. The molecule has 31 heavy (non-hydrogen) atoms. The first-order valence-electron chi connectivity index (χ1n) is 11.7. The molecule has 1 aromatic carbocycles. The summed E-state index contributed by atoms with van der Waals surface area (Å²) in [6.45, 7) is 5.50. The maximum absolute atomic E-state index is 13.0. The Morgan fingerprint density at radius 1 is 1.03 bits per heavy atom. The Labute approximate surface area is 182 Å². The topological polar surface area (TPSA) is 79.7 Å². The molecule has 0 amide bonds. The lowest BCUT2D eigenvalue weighted by molar-refractivity contribution is 0.170. The van der Waals surface area contributed by atoms with Crippen LogP contribution in [0.15, 0.2) is 23.0 Å². The second kappa shape index (κ2) is 8.54. The summed E-state index contributed by atoms with van der Waals surface area (Å²) in [5, 5.41) is 13.8. The van der Waals surface area contributed by atoms with Crippen LogP contribution in [0.1, 0.15) is 79.9 Å². The first kappa shape index (κ1) is 20.4. The molecule has 0 unspecified atom stereocenters. The van der Waals surface area contributed by atoms with Gasteiger partial charge in [0, 0.05) is 29.1 Å². The van der Waals surface area contributed by atoms with Gasteiger partial charge in [-0.25, -0.2) is 4.68 Å². The molecule has 164 valence electrons. The van der Waals surface area contributed by atoms with Gasteiger partial charge in [-0.1, -0.05) is 31.7 Å². The molecule has 2 saturated carbocycles. The van der Waals surface area contributed by atoms with E-state index in [1.807, 2.05) is 4.68 Å². The molecule has 2 aromatic heterocycles. The predicted molar refractivity (Wildman–Crippen MR) is 121 cm³/mol. The summed E-state index contributed by atoms with van der Waals surface area (Å²) in [6, 6.07) is 7.21. The normalized spacial score (nSPS) is 18.0. The molecule has 2 heterocycles. The van der Waals surface area contributed by atoms with Gasteiger partial charge in [-0.2, -0.15) is 0 Å². The second-order valence-corrected chi connectivity index (χ2v) is 9.49. The minimum absolute atomic E-state index is 0.0101. The van der Waals surface area contributed by atoms with Gasteiger partial charge in [-0.3, -0.25) is 9.69 Å². The van der Waals surface area contributed by atoms with Gasteiger partial charge in [-0.15, -0.1) is 5.10 Å². The van der Waals surface area contributed by atoms with E-state index >= 15 is 0 Å². The Bertz CT molecular complexity index is 1120. The van der Waals surface area contributed by atoms with Gasteiger partial charge in [0.05, 0.1) is 12.6 Å². The fourth-order valence-corrected chi connectivity index (χ4v) is 5.57. The quantitative estimate of drug-likeness (QED) is 0.647. The van der Waals surface area contributed by atoms with Crippen LogP contribution in [0.2, 0.25) is 0 Å². The maximum atomic E-state index is 13.0. The number of H-pyrrole nitrogens is 1. The Morgan fingerprint density at radius 2 is 1.77 bits per heavy atom. The van der Waals surface area contributed by atoms with E-state index in [9.17, 15) is 4.79 Å². The maximum Gasteiger partial charge on any atom is 0.252 e. The third kappa shape index (κ3) is 4.15. The second-order valence-electron chi connectivity index (χ2n) is 9.49. The van der Waals surface area contributed by atoms with Crippen LogP contribution in [0, 0.1) is 13.8 Å². The van der Waals surface area contributed by atoms with Gasteiger partial charge in [0.25, 0.3) is 5.56 Å². The van der Waals surface area contributed by atoms with E-state index in [1.165, 1.54) is 49.7 Å². The number of nitrogens with one attached hydrogen (secondary N) is 1. The van der Waals surface area contributed by atoms with Crippen molar-refractivity contribution in [2.24, 2.45) is 0 Å². The van der Waals surface area contributed by atoms with Crippen molar-refractivity contribution in [3.63, 3.8) is 0 Å². The lowest BCUT2D eigenvalue weighted by Gasteiger charge is -2.28. The van der Waals surface area contributed by atoms with Crippen LogP contribution in [0.5, 0.6) is 0 Å². The van der Waals surface area contributed by atoms with E-state index in [4.69, 9.17) is 0 Å². The lowest BCUT2D eigenvalue weighted by Crippen LogP contribution is -2.35. The van der Waals surface area contributed by atoms with E-state index in [0.29, 0.717) is 25.2 Å². The van der Waals surface area contributed by atoms with Crippen molar-refractivity contribution in [3.05, 3.63) is 51.1 Å². The predicted octanol–water partition coefficient (Wildman–Crippen LogP) is 4.19. The number of aryl methyl sites for hydroxylation is 2. The summed E-state index contributed by atoms with van der Waals surface area (Å²) < 4.78 is 2.05. The molecule has 7 nitrogen and oxygen atoms in total. The average molecular weight is 421 g/mol. The lowest BCUT2D eigenvalue weighted by atomic mass is 10.0. The molecule has 7 heteroatoms. The molecule has 1 N–H and O–H groups in total. The highest BCUT2D eigenvalue weighted by atomic mass is 16.1. The van der Waals surface area contributed by atoms with Crippen LogP contribution < -0.4 is 5.56 Å².